The maximum absolute atomic E-state index is 12.5. The molecule has 3 rings (SSSR count). The Labute approximate surface area is 151 Å². The van der Waals surface area contributed by atoms with Gasteiger partial charge in [0.05, 0.1) is 11.8 Å². The first kappa shape index (κ1) is 18.8. The summed E-state index contributed by atoms with van der Waals surface area (Å²) in [4.78, 5) is 2.44. The van der Waals surface area contributed by atoms with E-state index < -0.39 is 10.0 Å². The number of likely N-dealkylation sites (tertiary alicyclic amines) is 1. The molecule has 2 saturated heterocycles. The second-order valence-corrected chi connectivity index (χ2v) is 10.2. The Kier molecular flexibility index (Phi) is 5.80. The fourth-order valence-electron chi connectivity index (χ4n) is 3.87. The molecule has 0 saturated carbocycles. The summed E-state index contributed by atoms with van der Waals surface area (Å²) in [7, 11) is -1.18. The molecule has 8 heteroatoms. The fraction of sp³-hybridized carbons (Fsp3) is 0.882. The zero-order valence-electron chi connectivity index (χ0n) is 15.7. The lowest BCUT2D eigenvalue weighted by Gasteiger charge is -2.32. The van der Waals surface area contributed by atoms with Crippen LogP contribution in [0.1, 0.15) is 63.5 Å². The lowest BCUT2D eigenvalue weighted by molar-refractivity contribution is 0.213. The molecule has 2 aliphatic heterocycles. The van der Waals surface area contributed by atoms with E-state index in [1.54, 1.807) is 18.2 Å². The van der Waals surface area contributed by atoms with Crippen molar-refractivity contribution in [2.45, 2.75) is 63.7 Å². The summed E-state index contributed by atoms with van der Waals surface area (Å²) < 4.78 is 28.7. The minimum Gasteiger partial charge on any atom is -0.317 e. The summed E-state index contributed by atoms with van der Waals surface area (Å²) in [6, 6.07) is 0. The number of piperidine rings is 2. The van der Waals surface area contributed by atoms with Gasteiger partial charge >= 0.3 is 0 Å². The Bertz CT molecular complexity index is 679. The standard InChI is InChI=1S/C17H31N5O2S/c1-14(2)25(23,24)22-11-7-8-15(12-22)17-19-18-16(20(17)3)13-21-9-5-4-6-10-21/h14-15H,4-13H2,1-3H3/t15-/m1/s1. The molecule has 1 aromatic heterocycles. The van der Waals surface area contributed by atoms with Crippen molar-refractivity contribution in [2.75, 3.05) is 26.2 Å². The molecule has 3 heterocycles. The van der Waals surface area contributed by atoms with Gasteiger partial charge in [-0.25, -0.2) is 12.7 Å². The summed E-state index contributed by atoms with van der Waals surface area (Å²) in [6.45, 7) is 7.74. The second kappa shape index (κ2) is 7.72. The smallest absolute Gasteiger partial charge is 0.216 e. The van der Waals surface area contributed by atoms with Crippen molar-refractivity contribution in [3.63, 3.8) is 0 Å². The van der Waals surface area contributed by atoms with Crippen molar-refractivity contribution in [1.29, 1.82) is 0 Å². The van der Waals surface area contributed by atoms with E-state index in [0.29, 0.717) is 13.1 Å². The van der Waals surface area contributed by atoms with Crippen LogP contribution in [0.2, 0.25) is 0 Å². The third kappa shape index (κ3) is 4.06. The summed E-state index contributed by atoms with van der Waals surface area (Å²) in [6.07, 6.45) is 5.69. The number of nitrogens with zero attached hydrogens (tertiary/aromatic N) is 5. The van der Waals surface area contributed by atoms with E-state index in [9.17, 15) is 8.42 Å². The molecule has 0 radical (unpaired) electrons. The molecule has 7 nitrogen and oxygen atoms in total. The van der Waals surface area contributed by atoms with Gasteiger partial charge in [-0.15, -0.1) is 10.2 Å². The topological polar surface area (TPSA) is 71.3 Å². The number of sulfonamides is 1. The van der Waals surface area contributed by atoms with Crippen molar-refractivity contribution >= 4 is 10.0 Å². The Morgan fingerprint density at radius 2 is 1.80 bits per heavy atom. The highest BCUT2D eigenvalue weighted by Crippen LogP contribution is 2.28. The molecule has 142 valence electrons. The minimum absolute atomic E-state index is 0.134. The molecule has 0 spiro atoms. The maximum Gasteiger partial charge on any atom is 0.216 e. The van der Waals surface area contributed by atoms with Crippen LogP contribution in [0, 0.1) is 0 Å². The van der Waals surface area contributed by atoms with E-state index >= 15 is 0 Å². The van der Waals surface area contributed by atoms with Crippen LogP contribution in [0.25, 0.3) is 0 Å². The van der Waals surface area contributed by atoms with Gasteiger partial charge < -0.3 is 4.57 Å². The highest BCUT2D eigenvalue weighted by Gasteiger charge is 2.33. The SMILES string of the molecule is CC(C)S(=O)(=O)N1CCC[C@@H](c2nnc(CN3CCCCC3)n2C)C1. The summed E-state index contributed by atoms with van der Waals surface area (Å²) in [5.74, 6) is 2.05. The average Bonchev–Trinajstić information content (AvgIpc) is 2.96. The van der Waals surface area contributed by atoms with Crippen molar-refractivity contribution in [3.8, 4) is 0 Å². The fourth-order valence-corrected chi connectivity index (χ4v) is 5.24. The lowest BCUT2D eigenvalue weighted by Crippen LogP contribution is -2.42. The molecule has 1 aromatic rings. The molecular formula is C17H31N5O2S. The molecule has 0 bridgehead atoms. The van der Waals surface area contributed by atoms with Gasteiger partial charge in [0.1, 0.15) is 11.6 Å². The lowest BCUT2D eigenvalue weighted by atomic mass is 9.99. The van der Waals surface area contributed by atoms with Gasteiger partial charge in [-0.3, -0.25) is 4.90 Å². The van der Waals surface area contributed by atoms with E-state index in [2.05, 4.69) is 19.7 Å². The van der Waals surface area contributed by atoms with Gasteiger partial charge in [0, 0.05) is 26.1 Å². The molecule has 0 amide bonds. The molecule has 1 atom stereocenters. The Morgan fingerprint density at radius 3 is 2.48 bits per heavy atom. The van der Waals surface area contributed by atoms with E-state index in [-0.39, 0.29) is 11.2 Å². The third-order valence-electron chi connectivity index (χ3n) is 5.52. The van der Waals surface area contributed by atoms with Gasteiger partial charge in [0.25, 0.3) is 0 Å². The molecule has 0 aliphatic carbocycles. The van der Waals surface area contributed by atoms with Gasteiger partial charge in [-0.1, -0.05) is 6.42 Å². The van der Waals surface area contributed by atoms with Crippen molar-refractivity contribution < 1.29 is 8.42 Å². The minimum atomic E-state index is -3.20. The second-order valence-electron chi connectivity index (χ2n) is 7.66. The highest BCUT2D eigenvalue weighted by atomic mass is 32.2. The van der Waals surface area contributed by atoms with Crippen LogP contribution in [0.15, 0.2) is 0 Å². The maximum atomic E-state index is 12.5. The number of aromatic nitrogens is 3. The van der Waals surface area contributed by atoms with Crippen molar-refractivity contribution in [1.82, 2.24) is 24.0 Å². The number of hydrogen-bond acceptors (Lipinski definition) is 5. The molecule has 2 fully saturated rings. The van der Waals surface area contributed by atoms with Crippen LogP contribution in [0.3, 0.4) is 0 Å². The zero-order valence-corrected chi connectivity index (χ0v) is 16.5. The van der Waals surface area contributed by atoms with Gasteiger partial charge in [-0.2, -0.15) is 0 Å². The number of hydrogen-bond donors (Lipinski definition) is 0. The summed E-state index contributed by atoms with van der Waals surface area (Å²) in [5, 5.41) is 8.47. The quantitative estimate of drug-likeness (QED) is 0.790. The largest absolute Gasteiger partial charge is 0.317 e. The van der Waals surface area contributed by atoms with Crippen molar-refractivity contribution in [2.24, 2.45) is 7.05 Å². The first-order chi connectivity index (χ1) is 11.9. The molecule has 2 aliphatic rings. The van der Waals surface area contributed by atoms with Gasteiger partial charge in [0.15, 0.2) is 0 Å². The van der Waals surface area contributed by atoms with Crippen LogP contribution in [0.4, 0.5) is 0 Å². The van der Waals surface area contributed by atoms with Crippen LogP contribution < -0.4 is 0 Å². The Hall–Kier alpha value is -0.990. The monoisotopic (exact) mass is 369 g/mol. The van der Waals surface area contributed by atoms with Crippen molar-refractivity contribution in [3.05, 3.63) is 11.6 Å². The third-order valence-corrected chi connectivity index (χ3v) is 7.76. The predicted molar refractivity (Wildman–Crippen MR) is 97.7 cm³/mol. The van der Waals surface area contributed by atoms with Gasteiger partial charge in [-0.05, 0) is 52.6 Å². The highest BCUT2D eigenvalue weighted by molar-refractivity contribution is 7.89. The molecular weight excluding hydrogens is 338 g/mol. The van der Waals surface area contributed by atoms with E-state index in [4.69, 9.17) is 0 Å². The average molecular weight is 370 g/mol. The van der Waals surface area contributed by atoms with E-state index in [1.165, 1.54) is 19.3 Å². The first-order valence-corrected chi connectivity index (χ1v) is 11.0. The normalized spacial score (nSPS) is 24.1. The molecule has 0 aromatic carbocycles. The summed E-state index contributed by atoms with van der Waals surface area (Å²) in [5.41, 5.74) is 0. The van der Waals surface area contributed by atoms with Gasteiger partial charge in [0.2, 0.25) is 10.0 Å². The van der Waals surface area contributed by atoms with E-state index in [1.807, 2.05) is 7.05 Å². The molecule has 25 heavy (non-hydrogen) atoms. The van der Waals surface area contributed by atoms with E-state index in [0.717, 1.165) is 44.1 Å². The molecule has 0 N–H and O–H groups in total. The summed E-state index contributed by atoms with van der Waals surface area (Å²) >= 11 is 0. The number of rotatable bonds is 5. The van der Waals surface area contributed by atoms with Crippen LogP contribution in [-0.4, -0.2) is 63.8 Å². The predicted octanol–water partition coefficient (Wildman–Crippen LogP) is 1.72. The van der Waals surface area contributed by atoms with Crippen LogP contribution in [-0.2, 0) is 23.6 Å². The Balaban J connectivity index is 1.71. The molecule has 0 unspecified atom stereocenters. The first-order valence-electron chi connectivity index (χ1n) is 9.49. The zero-order chi connectivity index (χ0) is 18.0. The Morgan fingerprint density at radius 1 is 1.08 bits per heavy atom. The van der Waals surface area contributed by atoms with Crippen LogP contribution in [0.5, 0.6) is 0 Å². The van der Waals surface area contributed by atoms with Crippen LogP contribution >= 0.6 is 0 Å².